The Balaban J connectivity index is 2.07. The van der Waals surface area contributed by atoms with Crippen LogP contribution in [0, 0.1) is 5.41 Å². The second-order valence-electron chi connectivity index (χ2n) is 5.68. The van der Waals surface area contributed by atoms with Crippen LogP contribution in [0.15, 0.2) is 27.1 Å². The van der Waals surface area contributed by atoms with Crippen LogP contribution in [0.4, 0.5) is 0 Å². The maximum atomic E-state index is 9.77. The van der Waals surface area contributed by atoms with E-state index in [0.29, 0.717) is 6.04 Å². The molecule has 0 aromatic heterocycles. The van der Waals surface area contributed by atoms with Crippen LogP contribution in [0.1, 0.15) is 38.8 Å². The van der Waals surface area contributed by atoms with Crippen molar-refractivity contribution in [3.63, 3.8) is 0 Å². The van der Waals surface area contributed by atoms with Crippen molar-refractivity contribution >= 4 is 31.9 Å². The summed E-state index contributed by atoms with van der Waals surface area (Å²) in [6.07, 6.45) is 0.654. The number of halogens is 2. The predicted molar refractivity (Wildman–Crippen MR) is 81.6 cm³/mol. The third-order valence-electron chi connectivity index (χ3n) is 4.10. The zero-order chi connectivity index (χ0) is 13.5. The van der Waals surface area contributed by atoms with E-state index in [2.05, 4.69) is 76.1 Å². The SMILES string of the molecule is CC(NC1CC(O)C1(C)C)c1ccc(Br)cc1Br. The minimum absolute atomic E-state index is 0.0316. The average Bonchev–Trinajstić information content (AvgIpc) is 2.28. The Morgan fingerprint density at radius 2 is 2.06 bits per heavy atom. The van der Waals surface area contributed by atoms with E-state index in [4.69, 9.17) is 0 Å². The van der Waals surface area contributed by atoms with Gasteiger partial charge in [0.1, 0.15) is 0 Å². The Bertz CT molecular complexity index is 447. The summed E-state index contributed by atoms with van der Waals surface area (Å²) < 4.78 is 2.18. The van der Waals surface area contributed by atoms with Crippen LogP contribution in [0.2, 0.25) is 0 Å². The molecule has 0 heterocycles. The van der Waals surface area contributed by atoms with Crippen LogP contribution in [-0.4, -0.2) is 17.3 Å². The van der Waals surface area contributed by atoms with Gasteiger partial charge in [0.25, 0.3) is 0 Å². The van der Waals surface area contributed by atoms with Crippen molar-refractivity contribution in [1.29, 1.82) is 0 Å². The molecule has 1 aromatic rings. The molecule has 2 N–H and O–H groups in total. The third-order valence-corrected chi connectivity index (χ3v) is 5.28. The Morgan fingerprint density at radius 1 is 1.39 bits per heavy atom. The van der Waals surface area contributed by atoms with Gasteiger partial charge in [0.15, 0.2) is 0 Å². The number of aliphatic hydroxyl groups is 1. The van der Waals surface area contributed by atoms with Gasteiger partial charge in [0.2, 0.25) is 0 Å². The Kier molecular flexibility index (Phi) is 4.22. The number of hydrogen-bond donors (Lipinski definition) is 2. The Labute approximate surface area is 125 Å². The molecule has 1 aromatic carbocycles. The van der Waals surface area contributed by atoms with Gasteiger partial charge in [-0.1, -0.05) is 51.8 Å². The molecule has 0 radical (unpaired) electrons. The first-order valence-electron chi connectivity index (χ1n) is 6.21. The summed E-state index contributed by atoms with van der Waals surface area (Å²) in [5.41, 5.74) is 1.21. The maximum Gasteiger partial charge on any atom is 0.0621 e. The smallest absolute Gasteiger partial charge is 0.0621 e. The van der Waals surface area contributed by atoms with Gasteiger partial charge in [0.05, 0.1) is 6.10 Å². The molecule has 2 rings (SSSR count). The quantitative estimate of drug-likeness (QED) is 0.834. The summed E-state index contributed by atoms with van der Waals surface area (Å²) in [4.78, 5) is 0. The zero-order valence-corrected chi connectivity index (χ0v) is 14.0. The molecule has 0 saturated heterocycles. The molecule has 4 heteroatoms. The highest BCUT2D eigenvalue weighted by Crippen LogP contribution is 2.41. The first-order chi connectivity index (χ1) is 8.32. The van der Waals surface area contributed by atoms with Crippen molar-refractivity contribution in [2.75, 3.05) is 0 Å². The van der Waals surface area contributed by atoms with Crippen LogP contribution in [0.5, 0.6) is 0 Å². The molecule has 1 aliphatic rings. The molecule has 3 atom stereocenters. The molecule has 2 nitrogen and oxygen atoms in total. The first-order valence-corrected chi connectivity index (χ1v) is 7.80. The van der Waals surface area contributed by atoms with Crippen molar-refractivity contribution < 1.29 is 5.11 Å². The molecule has 100 valence electrons. The van der Waals surface area contributed by atoms with Gasteiger partial charge >= 0.3 is 0 Å². The van der Waals surface area contributed by atoms with Gasteiger partial charge < -0.3 is 10.4 Å². The van der Waals surface area contributed by atoms with Crippen molar-refractivity contribution in [2.24, 2.45) is 5.41 Å². The lowest BCUT2D eigenvalue weighted by Crippen LogP contribution is -2.60. The van der Waals surface area contributed by atoms with Crippen molar-refractivity contribution in [1.82, 2.24) is 5.32 Å². The molecular weight excluding hydrogens is 358 g/mol. The standard InChI is InChI=1S/C14H19Br2NO/c1-8(10-5-4-9(15)6-11(10)16)17-12-7-13(18)14(12,2)3/h4-6,8,12-13,17-18H,7H2,1-3H3. The summed E-state index contributed by atoms with van der Waals surface area (Å²) in [7, 11) is 0. The molecule has 1 aliphatic carbocycles. The van der Waals surface area contributed by atoms with Crippen LogP contribution >= 0.6 is 31.9 Å². The minimum Gasteiger partial charge on any atom is -0.392 e. The molecule has 3 unspecified atom stereocenters. The highest BCUT2D eigenvalue weighted by Gasteiger charge is 2.47. The molecule has 0 amide bonds. The fourth-order valence-corrected chi connectivity index (χ4v) is 3.82. The Morgan fingerprint density at radius 3 is 2.56 bits per heavy atom. The van der Waals surface area contributed by atoms with Gasteiger partial charge in [-0.05, 0) is 31.0 Å². The number of hydrogen-bond acceptors (Lipinski definition) is 2. The number of benzene rings is 1. The largest absolute Gasteiger partial charge is 0.392 e. The van der Waals surface area contributed by atoms with Crippen molar-refractivity contribution in [3.8, 4) is 0 Å². The van der Waals surface area contributed by atoms with Crippen LogP contribution in [0.25, 0.3) is 0 Å². The highest BCUT2D eigenvalue weighted by molar-refractivity contribution is 9.11. The second kappa shape index (κ2) is 5.23. The van der Waals surface area contributed by atoms with Gasteiger partial charge in [-0.25, -0.2) is 0 Å². The normalized spacial score (nSPS) is 27.7. The number of nitrogens with one attached hydrogen (secondary N) is 1. The van der Waals surface area contributed by atoms with Gasteiger partial charge in [0, 0.05) is 26.4 Å². The second-order valence-corrected chi connectivity index (χ2v) is 7.45. The van der Waals surface area contributed by atoms with E-state index in [1.807, 2.05) is 0 Å². The maximum absolute atomic E-state index is 9.77. The summed E-state index contributed by atoms with van der Waals surface area (Å²) in [5, 5.41) is 13.4. The van der Waals surface area contributed by atoms with Crippen LogP contribution < -0.4 is 5.32 Å². The number of aliphatic hydroxyl groups excluding tert-OH is 1. The van der Waals surface area contributed by atoms with Crippen LogP contribution in [0.3, 0.4) is 0 Å². The van der Waals surface area contributed by atoms with Gasteiger partial charge in [-0.3, -0.25) is 0 Å². The highest BCUT2D eigenvalue weighted by atomic mass is 79.9. The van der Waals surface area contributed by atoms with E-state index < -0.39 is 0 Å². The Hall–Kier alpha value is 0.1000. The van der Waals surface area contributed by atoms with E-state index in [-0.39, 0.29) is 17.6 Å². The molecule has 1 saturated carbocycles. The van der Waals surface area contributed by atoms with Crippen LogP contribution in [-0.2, 0) is 0 Å². The fraction of sp³-hybridized carbons (Fsp3) is 0.571. The monoisotopic (exact) mass is 375 g/mol. The van der Waals surface area contributed by atoms with E-state index in [1.54, 1.807) is 0 Å². The lowest BCUT2D eigenvalue weighted by Gasteiger charge is -2.50. The van der Waals surface area contributed by atoms with Crippen molar-refractivity contribution in [2.45, 2.75) is 45.4 Å². The number of rotatable bonds is 3. The summed E-state index contributed by atoms with van der Waals surface area (Å²) in [5.74, 6) is 0. The molecule has 1 fully saturated rings. The topological polar surface area (TPSA) is 32.3 Å². The predicted octanol–water partition coefficient (Wildman–Crippen LogP) is 4.02. The molecule has 18 heavy (non-hydrogen) atoms. The summed E-state index contributed by atoms with van der Waals surface area (Å²) >= 11 is 7.06. The third kappa shape index (κ3) is 2.67. The fourth-order valence-electron chi connectivity index (χ4n) is 2.43. The van der Waals surface area contributed by atoms with Crippen molar-refractivity contribution in [3.05, 3.63) is 32.7 Å². The van der Waals surface area contributed by atoms with Gasteiger partial charge in [-0.2, -0.15) is 0 Å². The first kappa shape index (κ1) is 14.5. The molecule has 0 aliphatic heterocycles. The minimum atomic E-state index is -0.185. The zero-order valence-electron chi connectivity index (χ0n) is 10.9. The molecule has 0 bridgehead atoms. The van der Waals surface area contributed by atoms with E-state index in [0.717, 1.165) is 15.4 Å². The van der Waals surface area contributed by atoms with E-state index in [9.17, 15) is 5.11 Å². The van der Waals surface area contributed by atoms with Gasteiger partial charge in [-0.15, -0.1) is 0 Å². The summed E-state index contributed by atoms with van der Waals surface area (Å²) in [6.45, 7) is 6.39. The average molecular weight is 377 g/mol. The lowest BCUT2D eigenvalue weighted by molar-refractivity contribution is -0.0755. The summed E-state index contributed by atoms with van der Waals surface area (Å²) in [6, 6.07) is 6.88. The van der Waals surface area contributed by atoms with E-state index >= 15 is 0 Å². The van der Waals surface area contributed by atoms with E-state index in [1.165, 1.54) is 5.56 Å². The molecular formula is C14H19Br2NO. The molecule has 0 spiro atoms. The lowest BCUT2D eigenvalue weighted by atomic mass is 9.64.